The Hall–Kier alpha value is -1.66. The van der Waals surface area contributed by atoms with Gasteiger partial charge in [0, 0.05) is 12.2 Å². The molecule has 6 nitrogen and oxygen atoms in total. The van der Waals surface area contributed by atoms with Crippen molar-refractivity contribution in [3.8, 4) is 0 Å². The molecule has 0 aromatic heterocycles. The van der Waals surface area contributed by atoms with Crippen LogP contribution in [0.2, 0.25) is 0 Å². The van der Waals surface area contributed by atoms with Crippen LogP contribution >= 0.6 is 0 Å². The number of hydrogen-bond donors (Lipinski definition) is 0. The lowest BCUT2D eigenvalue weighted by molar-refractivity contribution is -0.141. The second-order valence-electron chi connectivity index (χ2n) is 5.00. The van der Waals surface area contributed by atoms with Crippen LogP contribution in [0.1, 0.15) is 32.1 Å². The van der Waals surface area contributed by atoms with Crippen molar-refractivity contribution in [2.24, 2.45) is 0 Å². The van der Waals surface area contributed by atoms with Crippen molar-refractivity contribution in [3.05, 3.63) is 24.3 Å². The maximum atomic E-state index is 11.4. The highest BCUT2D eigenvalue weighted by Crippen LogP contribution is 2.04. The van der Waals surface area contributed by atoms with Gasteiger partial charge in [-0.2, -0.15) is 0 Å². The van der Waals surface area contributed by atoms with E-state index in [1.54, 1.807) is 0 Å². The van der Waals surface area contributed by atoms with Crippen LogP contribution in [-0.4, -0.2) is 51.6 Å². The van der Waals surface area contributed by atoms with E-state index in [2.05, 4.69) is 0 Å². The van der Waals surface area contributed by atoms with E-state index in [4.69, 9.17) is 18.9 Å². The third-order valence-corrected chi connectivity index (χ3v) is 3.07. The molecule has 0 fully saturated rings. The molecular weight excluding hydrogens is 300 g/mol. The van der Waals surface area contributed by atoms with Crippen LogP contribution in [0.4, 0.5) is 0 Å². The average Bonchev–Trinajstić information content (AvgIpc) is 2.54. The van der Waals surface area contributed by atoms with Gasteiger partial charge in [-0.15, -0.1) is 0 Å². The van der Waals surface area contributed by atoms with Gasteiger partial charge in [0.05, 0.1) is 26.4 Å². The summed E-state index contributed by atoms with van der Waals surface area (Å²) in [5, 5.41) is 0. The first-order valence-corrected chi connectivity index (χ1v) is 8.11. The number of carbonyl (C=O) groups excluding carboxylic acids is 2. The molecule has 0 bridgehead atoms. The van der Waals surface area contributed by atoms with Crippen molar-refractivity contribution in [2.45, 2.75) is 32.1 Å². The number of esters is 2. The average molecular weight is 326 g/mol. The number of allylic oxidation sites excluding steroid dienone is 2. The predicted molar refractivity (Wildman–Crippen MR) is 84.9 cm³/mol. The molecule has 0 N–H and O–H groups in total. The first-order valence-electron chi connectivity index (χ1n) is 8.11. The van der Waals surface area contributed by atoms with Crippen LogP contribution in [0.3, 0.4) is 0 Å². The first-order chi connectivity index (χ1) is 11.3. The number of hydrogen-bond acceptors (Lipinski definition) is 6. The Morgan fingerprint density at radius 2 is 1.04 bits per heavy atom. The van der Waals surface area contributed by atoms with Crippen LogP contribution in [0.5, 0.6) is 0 Å². The minimum absolute atomic E-state index is 0.229. The Balaban J connectivity index is 2.28. The fourth-order valence-electron chi connectivity index (χ4n) is 1.88. The van der Waals surface area contributed by atoms with Crippen molar-refractivity contribution >= 4 is 11.9 Å². The molecule has 0 unspecified atom stereocenters. The minimum Gasteiger partial charge on any atom is -0.460 e. The van der Waals surface area contributed by atoms with Gasteiger partial charge in [-0.3, -0.25) is 0 Å². The van der Waals surface area contributed by atoms with Gasteiger partial charge in [0.2, 0.25) is 0 Å². The summed E-state index contributed by atoms with van der Waals surface area (Å²) in [4.78, 5) is 22.8. The second kappa shape index (κ2) is 14.0. The molecule has 1 heterocycles. The molecule has 0 aliphatic carbocycles. The summed E-state index contributed by atoms with van der Waals surface area (Å²) >= 11 is 0. The molecule has 0 aromatic rings. The Labute approximate surface area is 137 Å². The summed E-state index contributed by atoms with van der Waals surface area (Å²) in [6, 6.07) is 0. The summed E-state index contributed by atoms with van der Waals surface area (Å²) < 4.78 is 20.5. The molecule has 1 rings (SSSR count). The molecule has 130 valence electrons. The quantitative estimate of drug-likeness (QED) is 0.636. The first kappa shape index (κ1) is 19.4. The van der Waals surface area contributed by atoms with E-state index in [-0.39, 0.29) is 25.2 Å². The Morgan fingerprint density at radius 3 is 1.52 bits per heavy atom. The molecule has 0 aromatic carbocycles. The van der Waals surface area contributed by atoms with E-state index in [1.165, 1.54) is 12.2 Å². The monoisotopic (exact) mass is 326 g/mol. The van der Waals surface area contributed by atoms with E-state index in [0.29, 0.717) is 26.4 Å². The van der Waals surface area contributed by atoms with Gasteiger partial charge in [-0.05, 0) is 25.7 Å². The van der Waals surface area contributed by atoms with Gasteiger partial charge < -0.3 is 18.9 Å². The summed E-state index contributed by atoms with van der Waals surface area (Å²) in [6.45, 7) is 1.94. The number of cyclic esters (lactones) is 2. The van der Waals surface area contributed by atoms with Crippen molar-refractivity contribution in [2.75, 3.05) is 39.6 Å². The molecule has 0 amide bonds. The van der Waals surface area contributed by atoms with E-state index >= 15 is 0 Å². The Kier molecular flexibility index (Phi) is 11.8. The molecule has 1 aliphatic heterocycles. The lowest BCUT2D eigenvalue weighted by Crippen LogP contribution is -2.14. The van der Waals surface area contributed by atoms with Crippen molar-refractivity contribution in [1.29, 1.82) is 0 Å². The third kappa shape index (κ3) is 12.6. The predicted octanol–water partition coefficient (Wildman–Crippen LogP) is 2.18. The zero-order valence-electron chi connectivity index (χ0n) is 13.5. The molecule has 0 radical (unpaired) electrons. The van der Waals surface area contributed by atoms with Gasteiger partial charge in [-0.1, -0.05) is 18.6 Å². The van der Waals surface area contributed by atoms with Crippen molar-refractivity contribution in [1.82, 2.24) is 0 Å². The summed E-state index contributed by atoms with van der Waals surface area (Å²) in [5.74, 6) is -0.677. The molecule has 0 saturated carbocycles. The van der Waals surface area contributed by atoms with E-state index in [9.17, 15) is 9.59 Å². The Morgan fingerprint density at radius 1 is 0.609 bits per heavy atom. The van der Waals surface area contributed by atoms with Crippen LogP contribution in [0, 0.1) is 0 Å². The molecule has 1 aliphatic rings. The summed E-state index contributed by atoms with van der Waals surface area (Å²) in [7, 11) is 0. The zero-order valence-corrected chi connectivity index (χ0v) is 13.5. The fourth-order valence-corrected chi connectivity index (χ4v) is 1.88. The minimum atomic E-state index is -0.339. The number of ether oxygens (including phenoxy) is 4. The van der Waals surface area contributed by atoms with E-state index in [1.807, 2.05) is 12.2 Å². The smallest absolute Gasteiger partial charge is 0.330 e. The van der Waals surface area contributed by atoms with Crippen LogP contribution < -0.4 is 0 Å². The highest BCUT2D eigenvalue weighted by molar-refractivity contribution is 5.82. The highest BCUT2D eigenvalue weighted by atomic mass is 16.6. The van der Waals surface area contributed by atoms with Crippen LogP contribution in [0.25, 0.3) is 0 Å². The molecule has 6 heteroatoms. The van der Waals surface area contributed by atoms with Gasteiger partial charge in [-0.25, -0.2) is 9.59 Å². The zero-order chi connectivity index (χ0) is 16.6. The van der Waals surface area contributed by atoms with Gasteiger partial charge in [0.15, 0.2) is 0 Å². The molecule has 23 heavy (non-hydrogen) atoms. The fraction of sp³-hybridized carbons (Fsp3) is 0.647. The standard InChI is InChI=1S/C17H26O6/c18-16-8-6-4-2-1-3-5-7-9-17(19)23-15-13-21-11-10-20-12-14-22-16/h6-9H,1-5,10-15H2/b8-6-,9-7+. The maximum absolute atomic E-state index is 11.4. The largest absolute Gasteiger partial charge is 0.460 e. The molecule has 0 atom stereocenters. The molecular formula is C17H26O6. The van der Waals surface area contributed by atoms with Crippen LogP contribution in [0.15, 0.2) is 24.3 Å². The normalized spacial score (nSPS) is 23.8. The van der Waals surface area contributed by atoms with Gasteiger partial charge in [0.1, 0.15) is 13.2 Å². The van der Waals surface area contributed by atoms with Crippen molar-refractivity contribution in [3.63, 3.8) is 0 Å². The van der Waals surface area contributed by atoms with Gasteiger partial charge in [0.25, 0.3) is 0 Å². The molecule has 0 saturated heterocycles. The lowest BCUT2D eigenvalue weighted by Gasteiger charge is -2.06. The lowest BCUT2D eigenvalue weighted by atomic mass is 10.1. The highest BCUT2D eigenvalue weighted by Gasteiger charge is 1.99. The summed E-state index contributed by atoms with van der Waals surface area (Å²) in [5.41, 5.74) is 0. The number of rotatable bonds is 0. The van der Waals surface area contributed by atoms with Gasteiger partial charge >= 0.3 is 11.9 Å². The SMILES string of the molecule is O=C1/C=C\CCCCC/C=C/C(=O)OCCOCCOCCO1. The maximum Gasteiger partial charge on any atom is 0.330 e. The summed E-state index contributed by atoms with van der Waals surface area (Å²) in [6.07, 6.45) is 11.3. The van der Waals surface area contributed by atoms with E-state index < -0.39 is 0 Å². The second-order valence-corrected chi connectivity index (χ2v) is 5.00. The van der Waals surface area contributed by atoms with Crippen molar-refractivity contribution < 1.29 is 28.5 Å². The van der Waals surface area contributed by atoms with Crippen LogP contribution in [-0.2, 0) is 28.5 Å². The number of carbonyl (C=O) groups is 2. The topological polar surface area (TPSA) is 71.1 Å². The van der Waals surface area contributed by atoms with E-state index in [0.717, 1.165) is 32.1 Å². The molecule has 0 spiro atoms. The Bertz CT molecular complexity index is 353. The third-order valence-electron chi connectivity index (χ3n) is 3.07.